The van der Waals surface area contributed by atoms with Crippen molar-refractivity contribution in [2.24, 2.45) is 0 Å². The molecule has 1 aliphatic heterocycles. The predicted octanol–water partition coefficient (Wildman–Crippen LogP) is 1.07. The van der Waals surface area contributed by atoms with Crippen LogP contribution in [-0.4, -0.2) is 46.1 Å². The molecule has 2 rings (SSSR count). The fraction of sp³-hybridized carbons (Fsp3) is 0.571. The van der Waals surface area contributed by atoms with Crippen molar-refractivity contribution in [2.45, 2.75) is 25.0 Å². The normalized spacial score (nSPS) is 24.3. The average molecular weight is 301 g/mol. The molecule has 0 radical (unpaired) electrons. The zero-order chi connectivity index (χ0) is 14.4. The van der Waals surface area contributed by atoms with Crippen LogP contribution in [0.5, 0.6) is 5.75 Å². The molecule has 2 N–H and O–H groups in total. The fourth-order valence-electron chi connectivity index (χ4n) is 2.08. The van der Waals surface area contributed by atoms with Gasteiger partial charge in [-0.05, 0) is 37.1 Å². The van der Waals surface area contributed by atoms with Crippen molar-refractivity contribution >= 4 is 10.8 Å². The fourth-order valence-corrected chi connectivity index (χ4v) is 3.38. The van der Waals surface area contributed by atoms with Gasteiger partial charge in [-0.15, -0.1) is 0 Å². The van der Waals surface area contributed by atoms with Crippen molar-refractivity contribution in [2.75, 3.05) is 24.7 Å². The zero-order valence-corrected chi connectivity index (χ0v) is 12.1. The van der Waals surface area contributed by atoms with Crippen LogP contribution in [-0.2, 0) is 10.8 Å². The van der Waals surface area contributed by atoms with E-state index in [1.54, 1.807) is 0 Å². The summed E-state index contributed by atoms with van der Waals surface area (Å²) in [5, 5.41) is 13.1. The molecule has 1 aromatic rings. The minimum absolute atomic E-state index is 0.164. The van der Waals surface area contributed by atoms with E-state index in [0.29, 0.717) is 18.3 Å². The minimum atomic E-state index is -0.663. The summed E-state index contributed by atoms with van der Waals surface area (Å²) in [6, 6.07) is 6.04. The van der Waals surface area contributed by atoms with Crippen molar-refractivity contribution in [1.29, 1.82) is 0 Å². The maximum atomic E-state index is 12.7. The first-order valence-electron chi connectivity index (χ1n) is 6.78. The lowest BCUT2D eigenvalue weighted by atomic mass is 10.1. The molecule has 1 unspecified atom stereocenters. The third-order valence-electron chi connectivity index (χ3n) is 3.29. The van der Waals surface area contributed by atoms with E-state index in [0.717, 1.165) is 24.3 Å². The summed E-state index contributed by atoms with van der Waals surface area (Å²) in [6.45, 7) is 0.607. The number of aliphatic hydroxyl groups is 1. The van der Waals surface area contributed by atoms with Crippen LogP contribution in [0.3, 0.4) is 0 Å². The second kappa shape index (κ2) is 7.71. The van der Waals surface area contributed by atoms with Gasteiger partial charge >= 0.3 is 0 Å². The largest absolute Gasteiger partial charge is 0.491 e. The van der Waals surface area contributed by atoms with Crippen molar-refractivity contribution < 1.29 is 18.4 Å². The van der Waals surface area contributed by atoms with E-state index in [1.807, 2.05) is 0 Å². The van der Waals surface area contributed by atoms with Gasteiger partial charge in [0.1, 0.15) is 24.3 Å². The molecule has 1 fully saturated rings. The van der Waals surface area contributed by atoms with Crippen molar-refractivity contribution in [1.82, 2.24) is 5.32 Å². The van der Waals surface area contributed by atoms with Crippen LogP contribution >= 0.6 is 0 Å². The number of rotatable bonds is 6. The lowest BCUT2D eigenvalue weighted by Crippen LogP contribution is -2.41. The van der Waals surface area contributed by atoms with Crippen LogP contribution in [0.1, 0.15) is 12.8 Å². The van der Waals surface area contributed by atoms with Crippen molar-refractivity contribution in [3.63, 3.8) is 0 Å². The Hall–Kier alpha value is -0.980. The summed E-state index contributed by atoms with van der Waals surface area (Å²) in [5.74, 6) is 1.70. The number of ether oxygens (including phenoxy) is 1. The Morgan fingerprint density at radius 3 is 2.65 bits per heavy atom. The third-order valence-corrected chi connectivity index (χ3v) is 4.67. The predicted molar refractivity (Wildman–Crippen MR) is 76.8 cm³/mol. The number of nitrogens with one attached hydrogen (secondary N) is 1. The Bertz CT molecular complexity index is 431. The highest BCUT2D eigenvalue weighted by Crippen LogP contribution is 2.12. The van der Waals surface area contributed by atoms with Gasteiger partial charge in [-0.2, -0.15) is 0 Å². The molecule has 6 heteroatoms. The Kier molecular flexibility index (Phi) is 5.94. The molecule has 1 heterocycles. The summed E-state index contributed by atoms with van der Waals surface area (Å²) < 4.78 is 29.3. The average Bonchev–Trinajstić information content (AvgIpc) is 2.46. The lowest BCUT2D eigenvalue weighted by molar-refractivity contribution is 0.103. The van der Waals surface area contributed by atoms with Crippen LogP contribution in [0, 0.1) is 5.82 Å². The third kappa shape index (κ3) is 5.19. The number of halogens is 1. The first kappa shape index (κ1) is 15.4. The van der Waals surface area contributed by atoms with Crippen molar-refractivity contribution in [3.05, 3.63) is 30.1 Å². The molecule has 1 atom stereocenters. The zero-order valence-electron chi connectivity index (χ0n) is 11.3. The molecule has 4 nitrogen and oxygen atoms in total. The highest BCUT2D eigenvalue weighted by Gasteiger charge is 2.18. The van der Waals surface area contributed by atoms with E-state index >= 15 is 0 Å². The Morgan fingerprint density at radius 1 is 1.35 bits per heavy atom. The minimum Gasteiger partial charge on any atom is -0.491 e. The highest BCUT2D eigenvalue weighted by atomic mass is 32.2. The molecule has 0 aliphatic carbocycles. The first-order valence-corrected chi connectivity index (χ1v) is 8.27. The quantitative estimate of drug-likeness (QED) is 0.825. The Labute approximate surface area is 120 Å². The standard InChI is InChI=1S/C14H20FNO3S/c15-11-1-3-14(4-2-11)19-10-13(17)9-16-12-5-7-20(18)8-6-12/h1-4,12-13,16-17H,5-10H2. The SMILES string of the molecule is O=S1CCC(NCC(O)COc2ccc(F)cc2)CC1. The van der Waals surface area contributed by atoms with E-state index in [-0.39, 0.29) is 12.4 Å². The van der Waals surface area contributed by atoms with Gasteiger partial charge < -0.3 is 15.2 Å². The molecule has 0 amide bonds. The molecule has 1 aromatic carbocycles. The summed E-state index contributed by atoms with van der Waals surface area (Å²) in [7, 11) is -0.663. The van der Waals surface area contributed by atoms with E-state index in [1.165, 1.54) is 24.3 Å². The molecule has 1 aliphatic rings. The molecule has 0 saturated carbocycles. The molecule has 0 spiro atoms. The maximum Gasteiger partial charge on any atom is 0.123 e. The Balaban J connectivity index is 1.64. The van der Waals surface area contributed by atoms with Gasteiger partial charge in [0, 0.05) is 34.9 Å². The van der Waals surface area contributed by atoms with Crippen LogP contribution in [0.4, 0.5) is 4.39 Å². The van der Waals surface area contributed by atoms with Gasteiger partial charge in [0.05, 0.1) is 0 Å². The molecule has 0 bridgehead atoms. The lowest BCUT2D eigenvalue weighted by Gasteiger charge is -2.24. The maximum absolute atomic E-state index is 12.7. The molecular formula is C14H20FNO3S. The van der Waals surface area contributed by atoms with Gasteiger partial charge in [-0.25, -0.2) is 4.39 Å². The van der Waals surface area contributed by atoms with Gasteiger partial charge in [0.25, 0.3) is 0 Å². The number of aliphatic hydroxyl groups excluding tert-OH is 1. The van der Waals surface area contributed by atoms with Crippen LogP contribution in [0.25, 0.3) is 0 Å². The van der Waals surface area contributed by atoms with E-state index in [4.69, 9.17) is 4.74 Å². The van der Waals surface area contributed by atoms with Gasteiger partial charge in [-0.1, -0.05) is 0 Å². The highest BCUT2D eigenvalue weighted by molar-refractivity contribution is 7.85. The van der Waals surface area contributed by atoms with Crippen LogP contribution in [0.15, 0.2) is 24.3 Å². The Morgan fingerprint density at radius 2 is 2.00 bits per heavy atom. The molecule has 1 saturated heterocycles. The summed E-state index contributed by atoms with van der Waals surface area (Å²) in [4.78, 5) is 0. The topological polar surface area (TPSA) is 58.6 Å². The molecule has 0 aromatic heterocycles. The van der Waals surface area contributed by atoms with Gasteiger partial charge in [0.2, 0.25) is 0 Å². The molecule has 20 heavy (non-hydrogen) atoms. The number of hydrogen-bond donors (Lipinski definition) is 2. The van der Waals surface area contributed by atoms with Gasteiger partial charge in [0.15, 0.2) is 0 Å². The van der Waals surface area contributed by atoms with Crippen LogP contribution < -0.4 is 10.1 Å². The first-order chi connectivity index (χ1) is 9.63. The van der Waals surface area contributed by atoms with E-state index in [9.17, 15) is 13.7 Å². The summed E-state index contributed by atoms with van der Waals surface area (Å²) in [5.41, 5.74) is 0. The second-order valence-electron chi connectivity index (χ2n) is 4.95. The smallest absolute Gasteiger partial charge is 0.123 e. The van der Waals surface area contributed by atoms with E-state index in [2.05, 4.69) is 5.32 Å². The van der Waals surface area contributed by atoms with Crippen LogP contribution in [0.2, 0.25) is 0 Å². The molecule has 112 valence electrons. The molecular weight excluding hydrogens is 281 g/mol. The van der Waals surface area contributed by atoms with E-state index < -0.39 is 16.9 Å². The summed E-state index contributed by atoms with van der Waals surface area (Å²) >= 11 is 0. The monoisotopic (exact) mass is 301 g/mol. The van der Waals surface area contributed by atoms with Crippen molar-refractivity contribution in [3.8, 4) is 5.75 Å². The van der Waals surface area contributed by atoms with Gasteiger partial charge in [-0.3, -0.25) is 4.21 Å². The number of benzene rings is 1. The summed E-state index contributed by atoms with van der Waals surface area (Å²) in [6.07, 6.45) is 1.16. The number of hydrogen-bond acceptors (Lipinski definition) is 4. The second-order valence-corrected chi connectivity index (χ2v) is 6.65.